The summed E-state index contributed by atoms with van der Waals surface area (Å²) < 4.78 is 24.7. The smallest absolute Gasteiger partial charge is 0.115 e. The van der Waals surface area contributed by atoms with Gasteiger partial charge in [0.15, 0.2) is 0 Å². The van der Waals surface area contributed by atoms with Crippen LogP contribution in [0.2, 0.25) is 0 Å². The van der Waals surface area contributed by atoms with Crippen LogP contribution in [0.4, 0.5) is 4.39 Å². The normalized spacial score (nSPS) is 32.8. The van der Waals surface area contributed by atoms with Crippen LogP contribution in [0.1, 0.15) is 25.7 Å². The summed E-state index contributed by atoms with van der Waals surface area (Å²) in [4.78, 5) is 0. The molecule has 2 rings (SSSR count). The highest BCUT2D eigenvalue weighted by Gasteiger charge is 2.41. The maximum Gasteiger partial charge on any atom is 0.115 e. The standard InChI is InChI=1S/C11H20FNO2/c12-10(8-13)9-1-4-15-11(7-9)2-5-14-6-3-11/h9-10H,1-8,13H2. The van der Waals surface area contributed by atoms with Crippen LogP contribution in [0, 0.1) is 5.92 Å². The third kappa shape index (κ3) is 2.49. The molecule has 2 atom stereocenters. The molecule has 0 aliphatic carbocycles. The van der Waals surface area contributed by atoms with Crippen LogP contribution >= 0.6 is 0 Å². The van der Waals surface area contributed by atoms with Gasteiger partial charge in [-0.25, -0.2) is 4.39 Å². The van der Waals surface area contributed by atoms with E-state index < -0.39 is 6.17 Å². The quantitative estimate of drug-likeness (QED) is 0.757. The Morgan fingerprint density at radius 1 is 1.33 bits per heavy atom. The van der Waals surface area contributed by atoms with Gasteiger partial charge in [-0.15, -0.1) is 0 Å². The zero-order chi connectivity index (χ0) is 10.7. The number of halogens is 1. The van der Waals surface area contributed by atoms with E-state index in [1.54, 1.807) is 0 Å². The molecule has 1 spiro atoms. The Kier molecular flexibility index (Phi) is 3.59. The van der Waals surface area contributed by atoms with Gasteiger partial charge in [-0.1, -0.05) is 0 Å². The van der Waals surface area contributed by atoms with E-state index in [0.29, 0.717) is 6.61 Å². The Bertz CT molecular complexity index is 201. The van der Waals surface area contributed by atoms with E-state index in [9.17, 15) is 4.39 Å². The molecular formula is C11H20FNO2. The lowest BCUT2D eigenvalue weighted by Crippen LogP contribution is -2.47. The van der Waals surface area contributed by atoms with Gasteiger partial charge >= 0.3 is 0 Å². The highest BCUT2D eigenvalue weighted by atomic mass is 19.1. The maximum atomic E-state index is 13.5. The summed E-state index contributed by atoms with van der Waals surface area (Å²) in [6.45, 7) is 2.29. The molecule has 0 aromatic rings. The van der Waals surface area contributed by atoms with Crippen molar-refractivity contribution in [1.29, 1.82) is 0 Å². The number of alkyl halides is 1. The van der Waals surface area contributed by atoms with Crippen LogP contribution in [0.3, 0.4) is 0 Å². The first-order chi connectivity index (χ1) is 7.26. The van der Waals surface area contributed by atoms with Gasteiger partial charge in [0.1, 0.15) is 6.17 Å². The fourth-order valence-electron chi connectivity index (χ4n) is 2.66. The van der Waals surface area contributed by atoms with Gasteiger partial charge in [0.05, 0.1) is 5.60 Å². The molecule has 0 aromatic heterocycles. The Labute approximate surface area is 90.1 Å². The molecule has 2 fully saturated rings. The Morgan fingerprint density at radius 2 is 2.07 bits per heavy atom. The van der Waals surface area contributed by atoms with Gasteiger partial charge in [0.25, 0.3) is 0 Å². The molecule has 2 heterocycles. The number of hydrogen-bond acceptors (Lipinski definition) is 3. The van der Waals surface area contributed by atoms with Gasteiger partial charge < -0.3 is 15.2 Å². The van der Waals surface area contributed by atoms with Crippen LogP contribution < -0.4 is 5.73 Å². The van der Waals surface area contributed by atoms with Gasteiger partial charge in [-0.2, -0.15) is 0 Å². The molecule has 0 radical (unpaired) electrons. The van der Waals surface area contributed by atoms with Crippen LogP contribution in [0.5, 0.6) is 0 Å². The Balaban J connectivity index is 1.96. The molecule has 2 saturated heterocycles. The molecule has 2 N–H and O–H groups in total. The minimum Gasteiger partial charge on any atom is -0.381 e. The first-order valence-electron chi connectivity index (χ1n) is 5.82. The summed E-state index contributed by atoms with van der Waals surface area (Å²) in [6.07, 6.45) is 2.56. The minimum absolute atomic E-state index is 0.0850. The first kappa shape index (κ1) is 11.3. The fourth-order valence-corrected chi connectivity index (χ4v) is 2.66. The third-order valence-electron chi connectivity index (χ3n) is 3.67. The SMILES string of the molecule is NCC(F)C1CCOC2(CCOCC2)C1. The van der Waals surface area contributed by atoms with E-state index >= 15 is 0 Å². The zero-order valence-corrected chi connectivity index (χ0v) is 9.08. The number of rotatable bonds is 2. The lowest BCUT2D eigenvalue weighted by molar-refractivity contribution is -0.153. The van der Waals surface area contributed by atoms with E-state index in [1.165, 1.54) is 0 Å². The molecule has 2 aliphatic rings. The summed E-state index contributed by atoms with van der Waals surface area (Å²) in [5.74, 6) is 0.0850. The molecule has 0 bridgehead atoms. The van der Waals surface area contributed by atoms with Crippen molar-refractivity contribution < 1.29 is 13.9 Å². The summed E-state index contributed by atoms with van der Waals surface area (Å²) in [7, 11) is 0. The molecule has 0 amide bonds. The third-order valence-corrected chi connectivity index (χ3v) is 3.67. The monoisotopic (exact) mass is 217 g/mol. The second kappa shape index (κ2) is 4.76. The predicted octanol–water partition coefficient (Wildman–Crippen LogP) is 1.26. The molecule has 2 unspecified atom stereocenters. The van der Waals surface area contributed by atoms with Crippen molar-refractivity contribution in [1.82, 2.24) is 0 Å². The average molecular weight is 217 g/mol. The van der Waals surface area contributed by atoms with E-state index in [4.69, 9.17) is 15.2 Å². The number of ether oxygens (including phenoxy) is 2. The summed E-state index contributed by atoms with van der Waals surface area (Å²) in [5.41, 5.74) is 5.27. The first-order valence-corrected chi connectivity index (χ1v) is 5.82. The highest BCUT2D eigenvalue weighted by molar-refractivity contribution is 4.91. The topological polar surface area (TPSA) is 44.5 Å². The molecular weight excluding hydrogens is 197 g/mol. The van der Waals surface area contributed by atoms with Crippen LogP contribution in [-0.4, -0.2) is 38.1 Å². The van der Waals surface area contributed by atoms with Crippen LogP contribution in [0.15, 0.2) is 0 Å². The predicted molar refractivity (Wildman–Crippen MR) is 55.4 cm³/mol. The van der Waals surface area contributed by atoms with E-state index in [-0.39, 0.29) is 18.1 Å². The lowest BCUT2D eigenvalue weighted by Gasteiger charge is -2.44. The van der Waals surface area contributed by atoms with Crippen molar-refractivity contribution in [3.05, 3.63) is 0 Å². The van der Waals surface area contributed by atoms with E-state index in [0.717, 1.165) is 38.9 Å². The van der Waals surface area contributed by atoms with E-state index in [1.807, 2.05) is 0 Å². The van der Waals surface area contributed by atoms with E-state index in [2.05, 4.69) is 0 Å². The van der Waals surface area contributed by atoms with Crippen LogP contribution in [-0.2, 0) is 9.47 Å². The summed E-state index contributed by atoms with van der Waals surface area (Å²) in [6, 6.07) is 0. The molecule has 88 valence electrons. The molecule has 2 aliphatic heterocycles. The number of nitrogens with two attached hydrogens (primary N) is 1. The molecule has 0 aromatic carbocycles. The molecule has 0 saturated carbocycles. The van der Waals surface area contributed by atoms with Crippen molar-refractivity contribution >= 4 is 0 Å². The van der Waals surface area contributed by atoms with Crippen molar-refractivity contribution in [2.24, 2.45) is 11.7 Å². The minimum atomic E-state index is -0.867. The van der Waals surface area contributed by atoms with Crippen LogP contribution in [0.25, 0.3) is 0 Å². The Hall–Kier alpha value is -0.190. The highest BCUT2D eigenvalue weighted by Crippen LogP contribution is 2.38. The van der Waals surface area contributed by atoms with Gasteiger partial charge in [-0.05, 0) is 31.6 Å². The molecule has 4 heteroatoms. The van der Waals surface area contributed by atoms with Crippen molar-refractivity contribution in [3.8, 4) is 0 Å². The summed E-state index contributed by atoms with van der Waals surface area (Å²) >= 11 is 0. The van der Waals surface area contributed by atoms with Crippen molar-refractivity contribution in [2.75, 3.05) is 26.4 Å². The second-order valence-electron chi connectivity index (χ2n) is 4.65. The maximum absolute atomic E-state index is 13.5. The second-order valence-corrected chi connectivity index (χ2v) is 4.65. The summed E-state index contributed by atoms with van der Waals surface area (Å²) in [5, 5.41) is 0. The molecule has 15 heavy (non-hydrogen) atoms. The lowest BCUT2D eigenvalue weighted by atomic mass is 9.79. The van der Waals surface area contributed by atoms with Gasteiger partial charge in [0, 0.05) is 26.4 Å². The number of hydrogen-bond donors (Lipinski definition) is 1. The van der Waals surface area contributed by atoms with Gasteiger partial charge in [-0.3, -0.25) is 0 Å². The largest absolute Gasteiger partial charge is 0.381 e. The van der Waals surface area contributed by atoms with Gasteiger partial charge in [0.2, 0.25) is 0 Å². The Morgan fingerprint density at radius 3 is 2.73 bits per heavy atom. The molecule has 3 nitrogen and oxygen atoms in total. The fraction of sp³-hybridized carbons (Fsp3) is 1.00. The van der Waals surface area contributed by atoms with Crippen molar-refractivity contribution in [2.45, 2.75) is 37.5 Å². The van der Waals surface area contributed by atoms with Crippen molar-refractivity contribution in [3.63, 3.8) is 0 Å². The average Bonchev–Trinajstić information content (AvgIpc) is 2.29. The zero-order valence-electron chi connectivity index (χ0n) is 9.08.